The fourth-order valence-electron chi connectivity index (χ4n) is 1.99. The van der Waals surface area contributed by atoms with Crippen LogP contribution >= 0.6 is 0 Å². The highest BCUT2D eigenvalue weighted by molar-refractivity contribution is 5.94. The Balaban J connectivity index is 2.20. The Bertz CT molecular complexity index is 730. The van der Waals surface area contributed by atoms with Crippen molar-refractivity contribution in [2.24, 2.45) is 0 Å². The van der Waals surface area contributed by atoms with E-state index < -0.39 is 4.92 Å². The number of nitrogens with zero attached hydrogens (tertiary/aromatic N) is 1. The van der Waals surface area contributed by atoms with Crippen molar-refractivity contribution in [3.05, 3.63) is 64.9 Å². The molecule has 18 heavy (non-hydrogen) atoms. The molecule has 0 atom stereocenters. The van der Waals surface area contributed by atoms with Gasteiger partial charge in [-0.3, -0.25) is 10.1 Å². The number of nitro groups is 1. The first-order valence-electron chi connectivity index (χ1n) is 5.47. The number of rotatable bonds is 2. The Hall–Kier alpha value is -2.62. The molecule has 0 bridgehead atoms. The summed E-state index contributed by atoms with van der Waals surface area (Å²) in [4.78, 5) is 10.4. The van der Waals surface area contributed by atoms with Crippen LogP contribution in [-0.4, -0.2) is 4.92 Å². The average Bonchev–Trinajstić information content (AvgIpc) is 2.82. The van der Waals surface area contributed by atoms with Crippen LogP contribution in [0.15, 0.2) is 59.2 Å². The molecule has 0 N–H and O–H groups in total. The fourth-order valence-corrected chi connectivity index (χ4v) is 1.99. The Morgan fingerprint density at radius 1 is 1.06 bits per heavy atom. The van der Waals surface area contributed by atoms with Crippen LogP contribution in [0.1, 0.15) is 0 Å². The minimum Gasteiger partial charge on any atom is -0.464 e. The van der Waals surface area contributed by atoms with Crippen LogP contribution in [0.4, 0.5) is 5.69 Å². The highest BCUT2D eigenvalue weighted by atomic mass is 16.6. The van der Waals surface area contributed by atoms with Crippen molar-refractivity contribution in [2.45, 2.75) is 0 Å². The van der Waals surface area contributed by atoms with Crippen LogP contribution in [0.2, 0.25) is 0 Å². The van der Waals surface area contributed by atoms with Gasteiger partial charge in [0.25, 0.3) is 5.69 Å². The van der Waals surface area contributed by atoms with E-state index in [-0.39, 0.29) is 5.69 Å². The lowest BCUT2D eigenvalue weighted by atomic mass is 10.0. The minimum atomic E-state index is -0.397. The van der Waals surface area contributed by atoms with E-state index in [1.165, 1.54) is 6.07 Å². The molecule has 0 amide bonds. The van der Waals surface area contributed by atoms with Gasteiger partial charge < -0.3 is 4.42 Å². The SMILES string of the molecule is O=[N+]([O-])c1cccc(-c2coc3ccccc23)c1. The molecule has 0 unspecified atom stereocenters. The van der Waals surface area contributed by atoms with Crippen molar-refractivity contribution in [3.8, 4) is 11.1 Å². The van der Waals surface area contributed by atoms with Gasteiger partial charge in [0.1, 0.15) is 5.58 Å². The number of hydrogen-bond acceptors (Lipinski definition) is 3. The number of non-ortho nitro benzene ring substituents is 1. The lowest BCUT2D eigenvalue weighted by Crippen LogP contribution is -1.87. The first-order chi connectivity index (χ1) is 8.75. The van der Waals surface area contributed by atoms with Gasteiger partial charge in [-0.2, -0.15) is 0 Å². The van der Waals surface area contributed by atoms with Gasteiger partial charge in [0.15, 0.2) is 0 Å². The molecule has 0 aliphatic carbocycles. The third kappa shape index (κ3) is 1.64. The van der Waals surface area contributed by atoms with Crippen molar-refractivity contribution < 1.29 is 9.34 Å². The molecule has 3 rings (SSSR count). The standard InChI is InChI=1S/C14H9NO3/c16-15(17)11-5-3-4-10(8-11)13-9-18-14-7-2-1-6-12(13)14/h1-9H. The van der Waals surface area contributed by atoms with Gasteiger partial charge in [-0.15, -0.1) is 0 Å². The zero-order valence-corrected chi connectivity index (χ0v) is 9.37. The molecule has 0 radical (unpaired) electrons. The molecule has 0 aliphatic rings. The third-order valence-electron chi connectivity index (χ3n) is 2.85. The van der Waals surface area contributed by atoms with Gasteiger partial charge >= 0.3 is 0 Å². The van der Waals surface area contributed by atoms with Crippen LogP contribution in [0.5, 0.6) is 0 Å². The molecule has 0 saturated carbocycles. The molecule has 0 saturated heterocycles. The van der Waals surface area contributed by atoms with E-state index in [1.807, 2.05) is 30.3 Å². The number of furan rings is 1. The van der Waals surface area contributed by atoms with Crippen molar-refractivity contribution in [1.82, 2.24) is 0 Å². The largest absolute Gasteiger partial charge is 0.464 e. The molecule has 88 valence electrons. The molecule has 4 nitrogen and oxygen atoms in total. The Labute approximate surface area is 103 Å². The maximum absolute atomic E-state index is 10.8. The van der Waals surface area contributed by atoms with E-state index in [9.17, 15) is 10.1 Å². The maximum atomic E-state index is 10.8. The molecule has 1 heterocycles. The predicted molar refractivity (Wildman–Crippen MR) is 68.3 cm³/mol. The van der Waals surface area contributed by atoms with Crippen LogP contribution in [0.3, 0.4) is 0 Å². The first kappa shape index (κ1) is 10.5. The summed E-state index contributed by atoms with van der Waals surface area (Å²) in [5.41, 5.74) is 2.51. The molecular weight excluding hydrogens is 230 g/mol. The van der Waals surface area contributed by atoms with E-state index >= 15 is 0 Å². The Morgan fingerprint density at radius 3 is 2.72 bits per heavy atom. The molecular formula is C14H9NO3. The molecule has 2 aromatic carbocycles. The molecule has 0 fully saturated rings. The zero-order chi connectivity index (χ0) is 12.5. The van der Waals surface area contributed by atoms with Gasteiger partial charge in [-0.25, -0.2) is 0 Å². The molecule has 1 aromatic heterocycles. The van der Waals surface area contributed by atoms with E-state index in [4.69, 9.17) is 4.42 Å². The van der Waals surface area contributed by atoms with Crippen LogP contribution in [-0.2, 0) is 0 Å². The number of nitro benzene ring substituents is 1. The van der Waals surface area contributed by atoms with Crippen molar-refractivity contribution in [2.75, 3.05) is 0 Å². The monoisotopic (exact) mass is 239 g/mol. The number of fused-ring (bicyclic) bond motifs is 1. The van der Waals surface area contributed by atoms with E-state index in [1.54, 1.807) is 18.4 Å². The minimum absolute atomic E-state index is 0.0813. The summed E-state index contributed by atoms with van der Waals surface area (Å²) in [6, 6.07) is 14.2. The Kier molecular flexibility index (Phi) is 2.34. The van der Waals surface area contributed by atoms with Crippen LogP contribution in [0.25, 0.3) is 22.1 Å². The summed E-state index contributed by atoms with van der Waals surface area (Å²) in [6.45, 7) is 0. The second kappa shape index (κ2) is 4.00. The zero-order valence-electron chi connectivity index (χ0n) is 9.37. The summed E-state index contributed by atoms with van der Waals surface area (Å²) in [6.07, 6.45) is 1.63. The van der Waals surface area contributed by atoms with Gasteiger partial charge in [-0.05, 0) is 11.6 Å². The summed E-state index contributed by atoms with van der Waals surface area (Å²) >= 11 is 0. The molecule has 4 heteroatoms. The number of hydrogen-bond donors (Lipinski definition) is 0. The van der Waals surface area contributed by atoms with E-state index in [2.05, 4.69) is 0 Å². The summed E-state index contributed by atoms with van der Waals surface area (Å²) < 4.78 is 5.43. The first-order valence-corrected chi connectivity index (χ1v) is 5.47. The lowest BCUT2D eigenvalue weighted by molar-refractivity contribution is -0.384. The quantitative estimate of drug-likeness (QED) is 0.501. The van der Waals surface area contributed by atoms with Gasteiger partial charge in [-0.1, -0.05) is 30.3 Å². The third-order valence-corrected chi connectivity index (χ3v) is 2.85. The summed E-state index contributed by atoms with van der Waals surface area (Å²) in [5.74, 6) is 0. The van der Waals surface area contributed by atoms with Crippen molar-refractivity contribution >= 4 is 16.7 Å². The van der Waals surface area contributed by atoms with Crippen LogP contribution < -0.4 is 0 Å². The summed E-state index contributed by atoms with van der Waals surface area (Å²) in [7, 11) is 0. The van der Waals surface area contributed by atoms with Gasteiger partial charge in [0.2, 0.25) is 0 Å². The lowest BCUT2D eigenvalue weighted by Gasteiger charge is -1.98. The van der Waals surface area contributed by atoms with Crippen LogP contribution in [0, 0.1) is 10.1 Å². The van der Waals surface area contributed by atoms with Crippen molar-refractivity contribution in [3.63, 3.8) is 0 Å². The smallest absolute Gasteiger partial charge is 0.270 e. The fraction of sp³-hybridized carbons (Fsp3) is 0. The van der Waals surface area contributed by atoms with E-state index in [0.29, 0.717) is 0 Å². The van der Waals surface area contributed by atoms with Gasteiger partial charge in [0.05, 0.1) is 11.2 Å². The number of para-hydroxylation sites is 1. The second-order valence-corrected chi connectivity index (χ2v) is 3.95. The van der Waals surface area contributed by atoms with E-state index in [0.717, 1.165) is 22.1 Å². The normalized spacial score (nSPS) is 10.7. The predicted octanol–water partition coefficient (Wildman–Crippen LogP) is 4.01. The average molecular weight is 239 g/mol. The summed E-state index contributed by atoms with van der Waals surface area (Å²) in [5, 5.41) is 11.7. The highest BCUT2D eigenvalue weighted by Gasteiger charge is 2.11. The van der Waals surface area contributed by atoms with Gasteiger partial charge in [0, 0.05) is 23.1 Å². The topological polar surface area (TPSA) is 56.3 Å². The highest BCUT2D eigenvalue weighted by Crippen LogP contribution is 2.31. The Morgan fingerprint density at radius 2 is 1.89 bits per heavy atom. The molecule has 3 aromatic rings. The number of benzene rings is 2. The second-order valence-electron chi connectivity index (χ2n) is 3.95. The maximum Gasteiger partial charge on any atom is 0.270 e. The molecule has 0 aliphatic heterocycles. The molecule has 0 spiro atoms. The van der Waals surface area contributed by atoms with Crippen molar-refractivity contribution in [1.29, 1.82) is 0 Å².